The second kappa shape index (κ2) is 12.8. The van der Waals surface area contributed by atoms with Gasteiger partial charge in [-0.05, 0) is 39.3 Å². The number of likely N-dealkylation sites (N-methyl/N-ethyl adjacent to an activating group) is 1. The van der Waals surface area contributed by atoms with Crippen LogP contribution in [0.25, 0.3) is 5.82 Å². The summed E-state index contributed by atoms with van der Waals surface area (Å²) in [6.45, 7) is 9.28. The van der Waals surface area contributed by atoms with Gasteiger partial charge in [0.2, 0.25) is 17.8 Å². The average molecular weight is 588 g/mol. The summed E-state index contributed by atoms with van der Waals surface area (Å²) in [6.07, 6.45) is 7.09. The standard InChI is InChI=1S/C29H34FN11O2/c1-5-38-12-13-39(29-33-19(2)14-24(35-29)34-25-15-20(3)36-37-25)10-8-28(43)40(11-9-27(38)42)21(4)22-6-7-26(31-16-22)41-18-23(30)17-32-41/h6-7,9,11,14-18,21H,5,8,10,12-13H2,1-4H3,(H2,33,34,35,36,37)/b11-9-/t21-/m0/s1. The van der Waals surface area contributed by atoms with Crippen molar-refractivity contribution in [1.29, 1.82) is 0 Å². The van der Waals surface area contributed by atoms with E-state index in [-0.39, 0.29) is 18.2 Å². The third-order valence-electron chi connectivity index (χ3n) is 7.14. The summed E-state index contributed by atoms with van der Waals surface area (Å²) in [5, 5.41) is 14.3. The predicted octanol–water partition coefficient (Wildman–Crippen LogP) is 3.44. The summed E-state index contributed by atoms with van der Waals surface area (Å²) in [5.41, 5.74) is 2.40. The Hall–Kier alpha value is -5.14. The molecule has 0 spiro atoms. The van der Waals surface area contributed by atoms with Crippen molar-refractivity contribution in [1.82, 2.24) is 44.7 Å². The van der Waals surface area contributed by atoms with Crippen LogP contribution in [0, 0.1) is 19.7 Å². The van der Waals surface area contributed by atoms with Gasteiger partial charge in [0.05, 0.1) is 18.4 Å². The molecule has 1 aliphatic rings. The van der Waals surface area contributed by atoms with Crippen molar-refractivity contribution >= 4 is 29.4 Å². The highest BCUT2D eigenvalue weighted by Crippen LogP contribution is 2.24. The number of pyridine rings is 1. The van der Waals surface area contributed by atoms with Crippen LogP contribution in [0.5, 0.6) is 0 Å². The van der Waals surface area contributed by atoms with Crippen LogP contribution in [0.15, 0.2) is 55.1 Å². The number of carbonyl (C=O) groups is 2. The van der Waals surface area contributed by atoms with Crippen LogP contribution < -0.4 is 10.2 Å². The van der Waals surface area contributed by atoms with Crippen LogP contribution in [-0.4, -0.2) is 82.7 Å². The van der Waals surface area contributed by atoms with Gasteiger partial charge >= 0.3 is 0 Å². The van der Waals surface area contributed by atoms with Gasteiger partial charge in [-0.2, -0.15) is 15.2 Å². The highest BCUT2D eigenvalue weighted by molar-refractivity contribution is 5.88. The van der Waals surface area contributed by atoms with Gasteiger partial charge < -0.3 is 20.0 Å². The summed E-state index contributed by atoms with van der Waals surface area (Å²) >= 11 is 0. The zero-order chi connectivity index (χ0) is 30.5. The minimum atomic E-state index is -0.463. The lowest BCUT2D eigenvalue weighted by molar-refractivity contribution is -0.130. The van der Waals surface area contributed by atoms with E-state index in [9.17, 15) is 14.0 Å². The highest BCUT2D eigenvalue weighted by atomic mass is 19.1. The van der Waals surface area contributed by atoms with E-state index in [1.165, 1.54) is 17.0 Å². The molecule has 13 nitrogen and oxygen atoms in total. The first-order valence-corrected chi connectivity index (χ1v) is 14.0. The van der Waals surface area contributed by atoms with Gasteiger partial charge in [0.15, 0.2) is 17.5 Å². The lowest BCUT2D eigenvalue weighted by Gasteiger charge is -2.28. The number of anilines is 3. The molecule has 0 aliphatic carbocycles. The number of aromatic nitrogens is 7. The van der Waals surface area contributed by atoms with Crippen LogP contribution >= 0.6 is 0 Å². The highest BCUT2D eigenvalue weighted by Gasteiger charge is 2.24. The number of halogens is 1. The number of amides is 2. The van der Waals surface area contributed by atoms with Crippen molar-refractivity contribution in [2.24, 2.45) is 0 Å². The van der Waals surface area contributed by atoms with Crippen LogP contribution in [-0.2, 0) is 9.59 Å². The van der Waals surface area contributed by atoms with Gasteiger partial charge in [-0.15, -0.1) is 0 Å². The molecule has 14 heteroatoms. The monoisotopic (exact) mass is 587 g/mol. The Morgan fingerprint density at radius 2 is 1.91 bits per heavy atom. The lowest BCUT2D eigenvalue weighted by atomic mass is 10.1. The predicted molar refractivity (Wildman–Crippen MR) is 158 cm³/mol. The van der Waals surface area contributed by atoms with Crippen LogP contribution in [0.3, 0.4) is 0 Å². The quantitative estimate of drug-likeness (QED) is 0.333. The summed E-state index contributed by atoms with van der Waals surface area (Å²) < 4.78 is 14.7. The fourth-order valence-electron chi connectivity index (χ4n) is 4.75. The molecule has 0 saturated carbocycles. The first-order valence-electron chi connectivity index (χ1n) is 14.0. The molecular formula is C29H34FN11O2. The maximum Gasteiger partial charge on any atom is 0.248 e. The molecule has 0 fully saturated rings. The zero-order valence-corrected chi connectivity index (χ0v) is 24.5. The second-order valence-electron chi connectivity index (χ2n) is 10.3. The van der Waals surface area contributed by atoms with Gasteiger partial charge in [0.25, 0.3) is 0 Å². The van der Waals surface area contributed by atoms with Crippen molar-refractivity contribution in [3.05, 3.63) is 77.9 Å². The number of carbonyl (C=O) groups excluding carboxylic acids is 2. The summed E-state index contributed by atoms with van der Waals surface area (Å²) in [7, 11) is 0. The number of rotatable bonds is 7. The molecule has 1 atom stereocenters. The number of aryl methyl sites for hydroxylation is 2. The fraction of sp³-hybridized carbons (Fsp3) is 0.345. The van der Waals surface area contributed by atoms with Gasteiger partial charge in [0, 0.05) is 74.6 Å². The Balaban J connectivity index is 1.39. The third kappa shape index (κ3) is 7.02. The normalized spacial score (nSPS) is 16.3. The molecule has 0 aromatic carbocycles. The van der Waals surface area contributed by atoms with Gasteiger partial charge in [-0.1, -0.05) is 6.07 Å². The molecule has 0 bridgehead atoms. The van der Waals surface area contributed by atoms with E-state index in [2.05, 4.69) is 30.6 Å². The van der Waals surface area contributed by atoms with Crippen molar-refractivity contribution in [2.45, 2.75) is 40.2 Å². The van der Waals surface area contributed by atoms with Crippen molar-refractivity contribution in [3.63, 3.8) is 0 Å². The molecular weight excluding hydrogens is 553 g/mol. The zero-order valence-electron chi connectivity index (χ0n) is 24.5. The lowest BCUT2D eigenvalue weighted by Crippen LogP contribution is -2.39. The van der Waals surface area contributed by atoms with E-state index >= 15 is 0 Å². The van der Waals surface area contributed by atoms with Gasteiger partial charge in [-0.3, -0.25) is 14.7 Å². The molecule has 0 saturated heterocycles. The number of H-pyrrole nitrogens is 1. The number of aromatic amines is 1. The molecule has 4 aromatic rings. The molecule has 224 valence electrons. The van der Waals surface area contributed by atoms with E-state index in [1.54, 1.807) is 34.3 Å². The first kappa shape index (κ1) is 29.4. The van der Waals surface area contributed by atoms with Crippen molar-refractivity contribution < 1.29 is 14.0 Å². The van der Waals surface area contributed by atoms with E-state index in [0.717, 1.165) is 23.1 Å². The van der Waals surface area contributed by atoms with Gasteiger partial charge in [0.1, 0.15) is 5.82 Å². The molecule has 43 heavy (non-hydrogen) atoms. The maximum absolute atomic E-state index is 13.6. The van der Waals surface area contributed by atoms with Crippen LogP contribution in [0.2, 0.25) is 0 Å². The van der Waals surface area contributed by atoms with Crippen molar-refractivity contribution in [3.8, 4) is 5.82 Å². The number of nitrogens with one attached hydrogen (secondary N) is 2. The molecule has 4 aromatic heterocycles. The number of nitrogens with zero attached hydrogens (tertiary/aromatic N) is 9. The Bertz CT molecular complexity index is 1610. The largest absolute Gasteiger partial charge is 0.338 e. The molecule has 5 heterocycles. The summed E-state index contributed by atoms with van der Waals surface area (Å²) in [4.78, 5) is 45.7. The minimum Gasteiger partial charge on any atom is -0.338 e. The second-order valence-corrected chi connectivity index (χ2v) is 10.3. The van der Waals surface area contributed by atoms with E-state index < -0.39 is 11.9 Å². The number of hydrogen-bond donors (Lipinski definition) is 2. The Morgan fingerprint density at radius 1 is 1.07 bits per heavy atom. The average Bonchev–Trinajstić information content (AvgIpc) is 3.61. The molecule has 2 N–H and O–H groups in total. The third-order valence-corrected chi connectivity index (χ3v) is 7.14. The summed E-state index contributed by atoms with van der Waals surface area (Å²) in [5.74, 6) is 1.25. The van der Waals surface area contributed by atoms with Gasteiger partial charge in [-0.25, -0.2) is 19.0 Å². The molecule has 5 rings (SSSR count). The maximum atomic E-state index is 13.6. The number of hydrogen-bond acceptors (Lipinski definition) is 9. The van der Waals surface area contributed by atoms with Crippen molar-refractivity contribution in [2.75, 3.05) is 36.4 Å². The Kier molecular flexibility index (Phi) is 8.74. The first-order chi connectivity index (χ1) is 20.7. The van der Waals surface area contributed by atoms with E-state index in [1.807, 2.05) is 44.7 Å². The molecule has 0 unspecified atom stereocenters. The Morgan fingerprint density at radius 3 is 2.58 bits per heavy atom. The summed E-state index contributed by atoms with van der Waals surface area (Å²) in [6, 6.07) is 6.77. The smallest absolute Gasteiger partial charge is 0.248 e. The van der Waals surface area contributed by atoms with E-state index in [4.69, 9.17) is 4.98 Å². The van der Waals surface area contributed by atoms with Crippen LogP contribution in [0.1, 0.15) is 43.3 Å². The topological polar surface area (TPSA) is 141 Å². The van der Waals surface area contributed by atoms with E-state index in [0.29, 0.717) is 49.6 Å². The fourth-order valence-corrected chi connectivity index (χ4v) is 4.75. The van der Waals surface area contributed by atoms with Crippen LogP contribution in [0.4, 0.5) is 22.0 Å². The Labute approximate surface area is 248 Å². The molecule has 1 aliphatic heterocycles. The molecule has 0 radical (unpaired) electrons. The SMILES string of the molecule is CCN1CCN(c2nc(C)cc(Nc3cc(C)[nH]n3)n2)CCC(=O)N([C@@H](C)c2ccc(-n3cc(F)cn3)nc2)/C=C\C1=O. The minimum absolute atomic E-state index is 0.158. The molecule has 2 amide bonds.